The first-order valence-corrected chi connectivity index (χ1v) is 8.92. The Morgan fingerprint density at radius 2 is 1.96 bits per heavy atom. The van der Waals surface area contributed by atoms with E-state index in [-0.39, 0.29) is 11.7 Å². The fourth-order valence-electron chi connectivity index (χ4n) is 3.54. The van der Waals surface area contributed by atoms with E-state index in [0.717, 1.165) is 52.0 Å². The first-order chi connectivity index (χ1) is 13.1. The molecule has 1 aromatic heterocycles. The van der Waals surface area contributed by atoms with Crippen LogP contribution in [0.25, 0.3) is 11.6 Å². The fourth-order valence-corrected chi connectivity index (χ4v) is 3.54. The number of nitrogens with zero attached hydrogens (tertiary/aromatic N) is 1. The molecule has 0 radical (unpaired) electrons. The van der Waals surface area contributed by atoms with Crippen LogP contribution in [0.5, 0.6) is 0 Å². The predicted octanol–water partition coefficient (Wildman–Crippen LogP) is 4.87. The van der Waals surface area contributed by atoms with E-state index in [2.05, 4.69) is 22.4 Å². The summed E-state index contributed by atoms with van der Waals surface area (Å²) >= 11 is 0. The minimum absolute atomic E-state index is 0.107. The molecule has 0 fully saturated rings. The minimum Gasteiger partial charge on any atom is -0.326 e. The summed E-state index contributed by atoms with van der Waals surface area (Å²) in [6, 6.07) is 16.6. The molecule has 134 valence electrons. The summed E-state index contributed by atoms with van der Waals surface area (Å²) in [5, 5.41) is 2.81. The SMILES string of the molecule is CC(=O)Nc1cccc(/C=C2\c3ccc(F)cc3CCc3ncccc32)c1. The Morgan fingerprint density at radius 1 is 1.07 bits per heavy atom. The highest BCUT2D eigenvalue weighted by Gasteiger charge is 2.19. The van der Waals surface area contributed by atoms with Gasteiger partial charge in [-0.2, -0.15) is 0 Å². The second-order valence-corrected chi connectivity index (χ2v) is 6.66. The van der Waals surface area contributed by atoms with Crippen molar-refractivity contribution in [1.29, 1.82) is 0 Å². The lowest BCUT2D eigenvalue weighted by molar-refractivity contribution is -0.114. The summed E-state index contributed by atoms with van der Waals surface area (Å²) in [5.41, 5.74) is 6.81. The maximum atomic E-state index is 13.8. The Balaban J connectivity index is 1.88. The number of carbonyl (C=O) groups is 1. The van der Waals surface area contributed by atoms with Crippen molar-refractivity contribution < 1.29 is 9.18 Å². The summed E-state index contributed by atoms with van der Waals surface area (Å²) in [4.78, 5) is 15.9. The number of aryl methyl sites for hydroxylation is 2. The Kier molecular flexibility index (Phi) is 4.55. The van der Waals surface area contributed by atoms with E-state index < -0.39 is 0 Å². The number of nitrogens with one attached hydrogen (secondary N) is 1. The van der Waals surface area contributed by atoms with Crippen molar-refractivity contribution in [3.05, 3.63) is 94.6 Å². The number of pyridine rings is 1. The predicted molar refractivity (Wildman–Crippen MR) is 106 cm³/mol. The van der Waals surface area contributed by atoms with Gasteiger partial charge in [0.1, 0.15) is 5.82 Å². The highest BCUT2D eigenvalue weighted by atomic mass is 19.1. The van der Waals surface area contributed by atoms with Gasteiger partial charge in [0.15, 0.2) is 0 Å². The lowest BCUT2D eigenvalue weighted by atomic mass is 9.93. The van der Waals surface area contributed by atoms with Crippen molar-refractivity contribution in [2.75, 3.05) is 5.32 Å². The van der Waals surface area contributed by atoms with E-state index in [4.69, 9.17) is 0 Å². The number of halogens is 1. The molecule has 1 heterocycles. The topological polar surface area (TPSA) is 42.0 Å². The quantitative estimate of drug-likeness (QED) is 0.710. The van der Waals surface area contributed by atoms with Crippen molar-refractivity contribution >= 4 is 23.2 Å². The Morgan fingerprint density at radius 3 is 2.81 bits per heavy atom. The number of hydrogen-bond donors (Lipinski definition) is 1. The Bertz CT molecular complexity index is 1060. The first-order valence-electron chi connectivity index (χ1n) is 8.92. The van der Waals surface area contributed by atoms with E-state index in [1.165, 1.54) is 13.0 Å². The Labute approximate surface area is 157 Å². The second-order valence-electron chi connectivity index (χ2n) is 6.66. The van der Waals surface area contributed by atoms with Gasteiger partial charge in [-0.15, -0.1) is 0 Å². The van der Waals surface area contributed by atoms with Crippen LogP contribution in [0.1, 0.15) is 34.9 Å². The van der Waals surface area contributed by atoms with Gasteiger partial charge in [-0.3, -0.25) is 9.78 Å². The molecule has 4 heteroatoms. The van der Waals surface area contributed by atoms with Gasteiger partial charge < -0.3 is 5.32 Å². The van der Waals surface area contributed by atoms with Crippen LogP contribution in [0.2, 0.25) is 0 Å². The molecule has 2 aromatic carbocycles. The zero-order valence-electron chi connectivity index (χ0n) is 15.0. The molecule has 1 aliphatic carbocycles. The minimum atomic E-state index is -0.223. The van der Waals surface area contributed by atoms with E-state index in [0.29, 0.717) is 0 Å². The van der Waals surface area contributed by atoms with Gasteiger partial charge >= 0.3 is 0 Å². The number of aromatic nitrogens is 1. The number of carbonyl (C=O) groups excluding carboxylic acids is 1. The number of benzene rings is 2. The molecule has 0 atom stereocenters. The average molecular weight is 358 g/mol. The Hall–Kier alpha value is -3.27. The molecule has 0 bridgehead atoms. The van der Waals surface area contributed by atoms with E-state index in [1.54, 1.807) is 12.3 Å². The molecule has 3 nitrogen and oxygen atoms in total. The van der Waals surface area contributed by atoms with Gasteiger partial charge in [0.25, 0.3) is 0 Å². The largest absolute Gasteiger partial charge is 0.326 e. The molecular formula is C23H19FN2O. The lowest BCUT2D eigenvalue weighted by Crippen LogP contribution is -2.05. The van der Waals surface area contributed by atoms with Crippen molar-refractivity contribution in [2.24, 2.45) is 0 Å². The van der Waals surface area contributed by atoms with Crippen LogP contribution in [0, 0.1) is 5.82 Å². The maximum Gasteiger partial charge on any atom is 0.221 e. The van der Waals surface area contributed by atoms with Crippen molar-refractivity contribution in [3.63, 3.8) is 0 Å². The molecule has 1 N–H and O–H groups in total. The molecule has 0 saturated carbocycles. The van der Waals surface area contributed by atoms with Crippen LogP contribution in [0.3, 0.4) is 0 Å². The molecule has 0 unspecified atom stereocenters. The van der Waals surface area contributed by atoms with Gasteiger partial charge in [0.05, 0.1) is 0 Å². The van der Waals surface area contributed by atoms with Crippen LogP contribution < -0.4 is 5.32 Å². The third kappa shape index (κ3) is 3.65. The summed E-state index contributed by atoms with van der Waals surface area (Å²) in [6.07, 6.45) is 5.40. The monoisotopic (exact) mass is 358 g/mol. The van der Waals surface area contributed by atoms with E-state index in [1.807, 2.05) is 36.4 Å². The van der Waals surface area contributed by atoms with Crippen molar-refractivity contribution in [1.82, 2.24) is 4.98 Å². The standard InChI is InChI=1S/C23H19FN2O/c1-15(27)26-19-5-2-4-16(12-19)13-22-20-9-8-18(24)14-17(20)7-10-23-21(22)6-3-11-25-23/h2-6,8-9,11-14H,7,10H2,1H3,(H,26,27)/b22-13+. The number of amides is 1. The smallest absolute Gasteiger partial charge is 0.221 e. The summed E-state index contributed by atoms with van der Waals surface area (Å²) < 4.78 is 13.8. The van der Waals surface area contributed by atoms with E-state index >= 15 is 0 Å². The molecule has 0 spiro atoms. The molecule has 0 saturated heterocycles. The molecular weight excluding hydrogens is 339 g/mol. The van der Waals surface area contributed by atoms with Gasteiger partial charge in [-0.05, 0) is 71.5 Å². The highest BCUT2D eigenvalue weighted by Crippen LogP contribution is 2.34. The molecule has 1 amide bonds. The molecule has 27 heavy (non-hydrogen) atoms. The van der Waals surface area contributed by atoms with Gasteiger partial charge in [0, 0.05) is 30.1 Å². The van der Waals surface area contributed by atoms with Crippen LogP contribution in [-0.4, -0.2) is 10.9 Å². The van der Waals surface area contributed by atoms with Crippen LogP contribution >= 0.6 is 0 Å². The number of fused-ring (bicyclic) bond motifs is 2. The van der Waals surface area contributed by atoms with Gasteiger partial charge in [0.2, 0.25) is 5.91 Å². The number of rotatable bonds is 2. The molecule has 4 rings (SSSR count). The van der Waals surface area contributed by atoms with Crippen molar-refractivity contribution in [2.45, 2.75) is 19.8 Å². The number of anilines is 1. The molecule has 3 aromatic rings. The second kappa shape index (κ2) is 7.16. The average Bonchev–Trinajstić information content (AvgIpc) is 2.79. The summed E-state index contributed by atoms with van der Waals surface area (Å²) in [6.45, 7) is 1.49. The fraction of sp³-hybridized carbons (Fsp3) is 0.130. The lowest BCUT2D eigenvalue weighted by Gasteiger charge is -2.12. The molecule has 1 aliphatic rings. The van der Waals surface area contributed by atoms with E-state index in [9.17, 15) is 9.18 Å². The van der Waals surface area contributed by atoms with Gasteiger partial charge in [-0.1, -0.05) is 24.3 Å². The number of hydrogen-bond acceptors (Lipinski definition) is 2. The third-order valence-electron chi connectivity index (χ3n) is 4.69. The summed E-state index contributed by atoms with van der Waals surface area (Å²) in [7, 11) is 0. The molecule has 0 aliphatic heterocycles. The highest BCUT2D eigenvalue weighted by molar-refractivity contribution is 5.94. The van der Waals surface area contributed by atoms with Crippen LogP contribution in [0.4, 0.5) is 10.1 Å². The third-order valence-corrected chi connectivity index (χ3v) is 4.69. The zero-order valence-corrected chi connectivity index (χ0v) is 15.0. The van der Waals surface area contributed by atoms with Gasteiger partial charge in [-0.25, -0.2) is 4.39 Å². The maximum absolute atomic E-state index is 13.8. The normalized spacial score (nSPS) is 14.2. The summed E-state index contributed by atoms with van der Waals surface area (Å²) in [5.74, 6) is -0.329. The first kappa shape index (κ1) is 17.2. The van der Waals surface area contributed by atoms with Crippen LogP contribution in [-0.2, 0) is 17.6 Å². The van der Waals surface area contributed by atoms with Crippen LogP contribution in [0.15, 0.2) is 60.8 Å². The zero-order chi connectivity index (χ0) is 18.8. The van der Waals surface area contributed by atoms with Crippen molar-refractivity contribution in [3.8, 4) is 0 Å².